The van der Waals surface area contributed by atoms with Crippen LogP contribution >= 0.6 is 11.6 Å². The molecule has 0 aliphatic carbocycles. The molecule has 0 saturated heterocycles. The zero-order valence-electron chi connectivity index (χ0n) is 16.6. The van der Waals surface area contributed by atoms with Crippen LogP contribution in [0, 0.1) is 11.6 Å². The Balaban J connectivity index is 1.99. The van der Waals surface area contributed by atoms with Crippen LogP contribution in [0.1, 0.15) is 0 Å². The van der Waals surface area contributed by atoms with E-state index in [2.05, 4.69) is 5.10 Å². The molecule has 1 aromatic heterocycles. The molecule has 4 aromatic rings. The van der Waals surface area contributed by atoms with E-state index in [0.717, 1.165) is 17.0 Å². The largest absolute Gasteiger partial charge is 0.280 e. The third kappa shape index (κ3) is 4.06. The number of nitrogens with zero attached hydrogens (tertiary/aromatic N) is 2. The van der Waals surface area contributed by atoms with Crippen LogP contribution in [0.15, 0.2) is 82.6 Å². The van der Waals surface area contributed by atoms with Gasteiger partial charge in [-0.2, -0.15) is 9.78 Å². The standard InChI is InChI=1S/C23H15ClF2N2O3S/c1-32(30,31)17-11-7-14(8-12-17)18-13-27-28(20-4-2-3-19(25)22(20)26)23(29)21(18)15-5-9-16(24)10-6-15/h2-13H,1H3. The Hall–Kier alpha value is -3.36. The Labute approximate surface area is 187 Å². The van der Waals surface area contributed by atoms with Crippen molar-refractivity contribution in [3.63, 3.8) is 0 Å². The van der Waals surface area contributed by atoms with E-state index in [-0.39, 0.29) is 16.1 Å². The van der Waals surface area contributed by atoms with Gasteiger partial charge in [0, 0.05) is 16.8 Å². The zero-order chi connectivity index (χ0) is 23.0. The normalized spacial score (nSPS) is 11.5. The lowest BCUT2D eigenvalue weighted by Crippen LogP contribution is -2.24. The average molecular weight is 473 g/mol. The van der Waals surface area contributed by atoms with Gasteiger partial charge in [0.15, 0.2) is 21.5 Å². The van der Waals surface area contributed by atoms with Gasteiger partial charge in [0.05, 0.1) is 16.7 Å². The first-order chi connectivity index (χ1) is 15.2. The highest BCUT2D eigenvalue weighted by atomic mass is 35.5. The van der Waals surface area contributed by atoms with Crippen LogP contribution in [0.4, 0.5) is 8.78 Å². The summed E-state index contributed by atoms with van der Waals surface area (Å²) in [6.45, 7) is 0. The fraction of sp³-hybridized carbons (Fsp3) is 0.0435. The number of benzene rings is 3. The summed E-state index contributed by atoms with van der Waals surface area (Å²) < 4.78 is 52.5. The molecule has 0 amide bonds. The van der Waals surface area contributed by atoms with Gasteiger partial charge in [-0.3, -0.25) is 4.79 Å². The van der Waals surface area contributed by atoms with Crippen LogP contribution in [-0.2, 0) is 9.84 Å². The zero-order valence-corrected chi connectivity index (χ0v) is 18.2. The van der Waals surface area contributed by atoms with Crippen LogP contribution in [0.3, 0.4) is 0 Å². The summed E-state index contributed by atoms with van der Waals surface area (Å²) in [4.78, 5) is 13.5. The van der Waals surface area contributed by atoms with E-state index in [9.17, 15) is 22.0 Å². The van der Waals surface area contributed by atoms with E-state index >= 15 is 0 Å². The summed E-state index contributed by atoms with van der Waals surface area (Å²) >= 11 is 5.98. The molecule has 0 aliphatic rings. The van der Waals surface area contributed by atoms with Crippen LogP contribution in [-0.4, -0.2) is 24.5 Å². The summed E-state index contributed by atoms with van der Waals surface area (Å²) in [7, 11) is -3.40. The van der Waals surface area contributed by atoms with Gasteiger partial charge in [0.2, 0.25) is 0 Å². The molecule has 0 unspecified atom stereocenters. The molecule has 0 N–H and O–H groups in total. The number of rotatable bonds is 4. The third-order valence-electron chi connectivity index (χ3n) is 4.86. The van der Waals surface area contributed by atoms with Crippen molar-refractivity contribution in [1.29, 1.82) is 0 Å². The highest BCUT2D eigenvalue weighted by molar-refractivity contribution is 7.90. The second kappa shape index (κ2) is 8.29. The number of sulfone groups is 1. The number of halogens is 3. The Kier molecular flexibility index (Phi) is 5.66. The fourth-order valence-corrected chi connectivity index (χ4v) is 4.03. The Bertz CT molecular complexity index is 1480. The quantitative estimate of drug-likeness (QED) is 0.423. The summed E-state index contributed by atoms with van der Waals surface area (Å²) in [5, 5.41) is 4.51. The van der Waals surface area contributed by atoms with E-state index < -0.39 is 27.0 Å². The predicted octanol–water partition coefficient (Wildman–Crippen LogP) is 4.90. The van der Waals surface area contributed by atoms with Crippen LogP contribution in [0.2, 0.25) is 5.02 Å². The van der Waals surface area contributed by atoms with Crippen molar-refractivity contribution < 1.29 is 17.2 Å². The minimum absolute atomic E-state index is 0.123. The molecule has 0 aliphatic heterocycles. The van der Waals surface area contributed by atoms with E-state index in [4.69, 9.17) is 11.6 Å². The lowest BCUT2D eigenvalue weighted by atomic mass is 9.97. The van der Waals surface area contributed by atoms with Gasteiger partial charge in [0.1, 0.15) is 5.69 Å². The molecule has 3 aromatic carbocycles. The van der Waals surface area contributed by atoms with Crippen molar-refractivity contribution >= 4 is 21.4 Å². The van der Waals surface area contributed by atoms with E-state index in [0.29, 0.717) is 21.7 Å². The smallest absolute Gasteiger partial charge is 0.267 e. The molecule has 1 heterocycles. The molecule has 0 fully saturated rings. The molecule has 5 nitrogen and oxygen atoms in total. The first-order valence-electron chi connectivity index (χ1n) is 9.30. The predicted molar refractivity (Wildman–Crippen MR) is 119 cm³/mol. The van der Waals surface area contributed by atoms with Crippen LogP contribution in [0.5, 0.6) is 0 Å². The van der Waals surface area contributed by atoms with Crippen molar-refractivity contribution in [2.45, 2.75) is 4.90 Å². The lowest BCUT2D eigenvalue weighted by Gasteiger charge is -2.14. The number of aromatic nitrogens is 2. The van der Waals surface area contributed by atoms with Crippen LogP contribution in [0.25, 0.3) is 27.9 Å². The second-order valence-corrected chi connectivity index (χ2v) is 9.48. The Morgan fingerprint density at radius 2 is 1.53 bits per heavy atom. The molecule has 0 spiro atoms. The molecule has 0 saturated carbocycles. The third-order valence-corrected chi connectivity index (χ3v) is 6.24. The first kappa shape index (κ1) is 21.9. The maximum atomic E-state index is 14.4. The maximum absolute atomic E-state index is 14.4. The van der Waals surface area contributed by atoms with Gasteiger partial charge in [-0.25, -0.2) is 17.2 Å². The van der Waals surface area contributed by atoms with Crippen molar-refractivity contribution in [3.8, 4) is 27.9 Å². The minimum Gasteiger partial charge on any atom is -0.267 e. The van der Waals surface area contributed by atoms with E-state index in [1.54, 1.807) is 36.4 Å². The molecule has 0 bridgehead atoms. The molecule has 32 heavy (non-hydrogen) atoms. The Morgan fingerprint density at radius 1 is 0.906 bits per heavy atom. The maximum Gasteiger partial charge on any atom is 0.280 e. The summed E-state index contributed by atoms with van der Waals surface area (Å²) in [5.41, 5.74) is 0.567. The highest BCUT2D eigenvalue weighted by Gasteiger charge is 2.19. The lowest BCUT2D eigenvalue weighted by molar-refractivity contribution is 0.500. The topological polar surface area (TPSA) is 69.0 Å². The van der Waals surface area contributed by atoms with Crippen LogP contribution < -0.4 is 5.56 Å². The molecule has 0 atom stereocenters. The number of hydrogen-bond acceptors (Lipinski definition) is 4. The van der Waals surface area contributed by atoms with E-state index in [1.165, 1.54) is 30.5 Å². The molecule has 4 rings (SSSR count). The van der Waals surface area contributed by atoms with Crippen molar-refractivity contribution in [3.05, 3.63) is 99.9 Å². The average Bonchev–Trinajstić information content (AvgIpc) is 2.76. The van der Waals surface area contributed by atoms with E-state index in [1.807, 2.05) is 0 Å². The molecule has 0 radical (unpaired) electrons. The molecular weight excluding hydrogens is 458 g/mol. The summed E-state index contributed by atoms with van der Waals surface area (Å²) in [6.07, 6.45) is 2.45. The highest BCUT2D eigenvalue weighted by Crippen LogP contribution is 2.31. The monoisotopic (exact) mass is 472 g/mol. The van der Waals surface area contributed by atoms with Gasteiger partial charge in [0.25, 0.3) is 5.56 Å². The minimum atomic E-state index is -3.40. The fourth-order valence-electron chi connectivity index (χ4n) is 3.28. The van der Waals surface area contributed by atoms with Crippen molar-refractivity contribution in [2.75, 3.05) is 6.26 Å². The molecular formula is C23H15ClF2N2O3S. The van der Waals surface area contributed by atoms with Crippen molar-refractivity contribution in [2.24, 2.45) is 0 Å². The second-order valence-electron chi connectivity index (χ2n) is 7.03. The first-order valence-corrected chi connectivity index (χ1v) is 11.6. The van der Waals surface area contributed by atoms with Gasteiger partial charge < -0.3 is 0 Å². The van der Waals surface area contributed by atoms with Gasteiger partial charge in [-0.15, -0.1) is 0 Å². The summed E-state index contributed by atoms with van der Waals surface area (Å²) in [6, 6.07) is 15.9. The van der Waals surface area contributed by atoms with Gasteiger partial charge in [-0.05, 0) is 47.5 Å². The SMILES string of the molecule is CS(=O)(=O)c1ccc(-c2cnn(-c3cccc(F)c3F)c(=O)c2-c2ccc(Cl)cc2)cc1. The van der Waals surface area contributed by atoms with Gasteiger partial charge >= 0.3 is 0 Å². The molecule has 162 valence electrons. The molecule has 9 heteroatoms. The van der Waals surface area contributed by atoms with Crippen molar-refractivity contribution in [1.82, 2.24) is 9.78 Å². The Morgan fingerprint density at radius 3 is 2.16 bits per heavy atom. The van der Waals surface area contributed by atoms with Gasteiger partial charge in [-0.1, -0.05) is 41.9 Å². The summed E-state index contributed by atoms with van der Waals surface area (Å²) in [5.74, 6) is -2.31. The number of hydrogen-bond donors (Lipinski definition) is 0.